The second-order valence-corrected chi connectivity index (χ2v) is 5.53. The number of nitrogens with one attached hydrogen (secondary N) is 1. The van der Waals surface area contributed by atoms with Crippen LogP contribution in [-0.4, -0.2) is 45.8 Å². The van der Waals surface area contributed by atoms with Crippen LogP contribution in [0.5, 0.6) is 0 Å². The molecule has 2 aromatic rings. The first kappa shape index (κ1) is 15.9. The number of likely N-dealkylation sites (N-methyl/N-ethyl adjacent to an activating group) is 1. The maximum Gasteiger partial charge on any atom is 0.157 e. The molecule has 0 unspecified atom stereocenters. The molecule has 5 nitrogen and oxygen atoms in total. The Balaban J connectivity index is 1.87. The van der Waals surface area contributed by atoms with Crippen LogP contribution in [0.4, 0.5) is 0 Å². The van der Waals surface area contributed by atoms with Crippen molar-refractivity contribution in [2.45, 2.75) is 33.7 Å². The SMILES string of the molecule is CCCN(CC)CCNCc1cnc2c(c1)c(C)nn2C. The fourth-order valence-corrected chi connectivity index (χ4v) is 2.66. The number of aryl methyl sites for hydroxylation is 2. The van der Waals surface area contributed by atoms with Crippen molar-refractivity contribution >= 4 is 11.0 Å². The molecule has 0 saturated carbocycles. The summed E-state index contributed by atoms with van der Waals surface area (Å²) in [5.41, 5.74) is 3.22. The summed E-state index contributed by atoms with van der Waals surface area (Å²) in [4.78, 5) is 6.98. The molecule has 0 bridgehead atoms. The lowest BCUT2D eigenvalue weighted by molar-refractivity contribution is 0.287. The normalized spacial score (nSPS) is 11.7. The highest BCUT2D eigenvalue weighted by Gasteiger charge is 2.07. The average Bonchev–Trinajstić information content (AvgIpc) is 2.77. The largest absolute Gasteiger partial charge is 0.311 e. The summed E-state index contributed by atoms with van der Waals surface area (Å²) in [6.45, 7) is 11.8. The molecule has 1 N–H and O–H groups in total. The molecule has 0 saturated heterocycles. The monoisotopic (exact) mass is 289 g/mol. The summed E-state index contributed by atoms with van der Waals surface area (Å²) in [6, 6.07) is 2.20. The zero-order chi connectivity index (χ0) is 15.2. The molecule has 5 heteroatoms. The highest BCUT2D eigenvalue weighted by molar-refractivity contribution is 5.78. The molecule has 0 aromatic carbocycles. The van der Waals surface area contributed by atoms with E-state index in [9.17, 15) is 0 Å². The van der Waals surface area contributed by atoms with Crippen molar-refractivity contribution in [2.24, 2.45) is 7.05 Å². The van der Waals surface area contributed by atoms with Gasteiger partial charge in [-0.15, -0.1) is 0 Å². The lowest BCUT2D eigenvalue weighted by Gasteiger charge is -2.19. The fourth-order valence-electron chi connectivity index (χ4n) is 2.66. The summed E-state index contributed by atoms with van der Waals surface area (Å²) in [7, 11) is 1.94. The summed E-state index contributed by atoms with van der Waals surface area (Å²) < 4.78 is 1.84. The van der Waals surface area contributed by atoms with Crippen LogP contribution in [0.3, 0.4) is 0 Å². The Kier molecular flexibility index (Phi) is 5.70. The fraction of sp³-hybridized carbons (Fsp3) is 0.625. The van der Waals surface area contributed by atoms with E-state index in [2.05, 4.69) is 40.2 Å². The van der Waals surface area contributed by atoms with Gasteiger partial charge in [0, 0.05) is 38.3 Å². The first-order valence-electron chi connectivity index (χ1n) is 7.87. The predicted octanol–water partition coefficient (Wildman–Crippen LogP) is 2.10. The Bertz CT molecular complexity index is 575. The van der Waals surface area contributed by atoms with E-state index in [0.29, 0.717) is 0 Å². The van der Waals surface area contributed by atoms with Gasteiger partial charge in [-0.1, -0.05) is 13.8 Å². The number of aromatic nitrogens is 3. The van der Waals surface area contributed by atoms with E-state index in [4.69, 9.17) is 0 Å². The van der Waals surface area contributed by atoms with Crippen LogP contribution in [0.15, 0.2) is 12.3 Å². The van der Waals surface area contributed by atoms with Crippen molar-refractivity contribution < 1.29 is 0 Å². The number of fused-ring (bicyclic) bond motifs is 1. The van der Waals surface area contributed by atoms with Gasteiger partial charge in [0.2, 0.25) is 0 Å². The van der Waals surface area contributed by atoms with Gasteiger partial charge in [-0.3, -0.25) is 4.68 Å². The topological polar surface area (TPSA) is 46.0 Å². The minimum absolute atomic E-state index is 0.862. The molecule has 2 heterocycles. The van der Waals surface area contributed by atoms with Crippen LogP contribution < -0.4 is 5.32 Å². The van der Waals surface area contributed by atoms with Crippen molar-refractivity contribution in [1.82, 2.24) is 25.0 Å². The van der Waals surface area contributed by atoms with Crippen molar-refractivity contribution in [3.8, 4) is 0 Å². The van der Waals surface area contributed by atoms with Crippen molar-refractivity contribution in [2.75, 3.05) is 26.2 Å². The Hall–Kier alpha value is -1.46. The van der Waals surface area contributed by atoms with Gasteiger partial charge in [0.15, 0.2) is 5.65 Å². The zero-order valence-corrected chi connectivity index (χ0v) is 13.7. The molecular weight excluding hydrogens is 262 g/mol. The van der Waals surface area contributed by atoms with Gasteiger partial charge >= 0.3 is 0 Å². The van der Waals surface area contributed by atoms with Gasteiger partial charge in [-0.25, -0.2) is 4.98 Å². The second-order valence-electron chi connectivity index (χ2n) is 5.53. The van der Waals surface area contributed by atoms with E-state index < -0.39 is 0 Å². The smallest absolute Gasteiger partial charge is 0.157 e. The third-order valence-corrected chi connectivity index (χ3v) is 3.84. The number of hydrogen-bond donors (Lipinski definition) is 1. The summed E-state index contributed by atoms with van der Waals surface area (Å²) in [5.74, 6) is 0. The third kappa shape index (κ3) is 4.02. The minimum atomic E-state index is 0.862. The van der Waals surface area contributed by atoms with E-state index in [-0.39, 0.29) is 0 Å². The summed E-state index contributed by atoms with van der Waals surface area (Å²) >= 11 is 0. The molecule has 21 heavy (non-hydrogen) atoms. The number of rotatable bonds is 8. The molecule has 116 valence electrons. The molecular formula is C16H27N5. The van der Waals surface area contributed by atoms with E-state index >= 15 is 0 Å². The van der Waals surface area contributed by atoms with Gasteiger partial charge in [0.25, 0.3) is 0 Å². The third-order valence-electron chi connectivity index (χ3n) is 3.84. The van der Waals surface area contributed by atoms with E-state index in [1.54, 1.807) is 0 Å². The maximum absolute atomic E-state index is 4.51. The molecule has 0 spiro atoms. The van der Waals surface area contributed by atoms with Crippen molar-refractivity contribution in [1.29, 1.82) is 0 Å². The molecule has 0 atom stereocenters. The Labute approximate surface area is 127 Å². The lowest BCUT2D eigenvalue weighted by atomic mass is 10.2. The predicted molar refractivity (Wildman–Crippen MR) is 87.4 cm³/mol. The Morgan fingerprint density at radius 2 is 2.10 bits per heavy atom. The second kappa shape index (κ2) is 7.52. The van der Waals surface area contributed by atoms with Crippen LogP contribution in [0.25, 0.3) is 11.0 Å². The molecule has 0 aliphatic heterocycles. The number of pyridine rings is 1. The lowest BCUT2D eigenvalue weighted by Crippen LogP contribution is -2.32. The van der Waals surface area contributed by atoms with Gasteiger partial charge < -0.3 is 10.2 Å². The highest BCUT2D eigenvalue weighted by atomic mass is 15.3. The van der Waals surface area contributed by atoms with Crippen LogP contribution in [0.2, 0.25) is 0 Å². The molecule has 0 radical (unpaired) electrons. The van der Waals surface area contributed by atoms with Crippen molar-refractivity contribution in [3.05, 3.63) is 23.5 Å². The first-order valence-corrected chi connectivity index (χ1v) is 7.87. The van der Waals surface area contributed by atoms with Crippen LogP contribution in [0, 0.1) is 6.92 Å². The first-order chi connectivity index (χ1) is 10.2. The van der Waals surface area contributed by atoms with Gasteiger partial charge in [0.1, 0.15) is 0 Å². The van der Waals surface area contributed by atoms with E-state index in [0.717, 1.165) is 42.9 Å². The molecule has 0 aliphatic rings. The molecule has 2 rings (SSSR count). The summed E-state index contributed by atoms with van der Waals surface area (Å²) in [6.07, 6.45) is 3.16. The number of hydrogen-bond acceptors (Lipinski definition) is 4. The Morgan fingerprint density at radius 1 is 1.29 bits per heavy atom. The van der Waals surface area contributed by atoms with Crippen LogP contribution in [0.1, 0.15) is 31.5 Å². The van der Waals surface area contributed by atoms with Crippen LogP contribution in [-0.2, 0) is 13.6 Å². The van der Waals surface area contributed by atoms with Crippen LogP contribution >= 0.6 is 0 Å². The van der Waals surface area contributed by atoms with E-state index in [1.165, 1.54) is 18.5 Å². The van der Waals surface area contributed by atoms with E-state index in [1.807, 2.05) is 24.9 Å². The summed E-state index contributed by atoms with van der Waals surface area (Å²) in [5, 5.41) is 9.07. The standard InChI is InChI=1S/C16H27N5/c1-5-8-21(6-2)9-7-17-11-14-10-15-13(3)19-20(4)16(15)18-12-14/h10,12,17H,5-9,11H2,1-4H3. The van der Waals surface area contributed by atoms with Gasteiger partial charge in [-0.2, -0.15) is 5.10 Å². The quantitative estimate of drug-likeness (QED) is 0.756. The number of nitrogens with zero attached hydrogens (tertiary/aromatic N) is 4. The average molecular weight is 289 g/mol. The molecule has 0 fully saturated rings. The molecule has 0 aliphatic carbocycles. The minimum Gasteiger partial charge on any atom is -0.311 e. The van der Waals surface area contributed by atoms with Gasteiger partial charge in [-0.05, 0) is 38.1 Å². The Morgan fingerprint density at radius 3 is 2.81 bits per heavy atom. The molecule has 2 aromatic heterocycles. The highest BCUT2D eigenvalue weighted by Crippen LogP contribution is 2.16. The van der Waals surface area contributed by atoms with Crippen molar-refractivity contribution in [3.63, 3.8) is 0 Å². The zero-order valence-electron chi connectivity index (χ0n) is 13.7. The van der Waals surface area contributed by atoms with Gasteiger partial charge in [0.05, 0.1) is 5.69 Å². The maximum atomic E-state index is 4.51. The molecule has 0 amide bonds.